The van der Waals surface area contributed by atoms with Crippen LogP contribution in [0.25, 0.3) is 11.4 Å². The van der Waals surface area contributed by atoms with E-state index in [1.54, 1.807) is 10.9 Å². The zero-order valence-corrected chi connectivity index (χ0v) is 18.6. The molecule has 0 bridgehead atoms. The summed E-state index contributed by atoms with van der Waals surface area (Å²) in [5, 5.41) is 11.4. The van der Waals surface area contributed by atoms with E-state index in [1.807, 2.05) is 42.1 Å². The van der Waals surface area contributed by atoms with Crippen molar-refractivity contribution in [3.63, 3.8) is 0 Å². The highest BCUT2D eigenvalue weighted by molar-refractivity contribution is 7.14. The molecule has 6 nitrogen and oxygen atoms in total. The fourth-order valence-electron chi connectivity index (χ4n) is 2.92. The normalized spacial score (nSPS) is 11.1. The molecule has 3 aromatic heterocycles. The molecule has 0 aliphatic carbocycles. The summed E-state index contributed by atoms with van der Waals surface area (Å²) in [5.41, 5.74) is 3.95. The number of hydrogen-bond acceptors (Lipinski definition) is 6. The number of rotatable bonds is 7. The number of nitrogens with zero attached hydrogens (tertiary/aromatic N) is 3. The van der Waals surface area contributed by atoms with Gasteiger partial charge in [-0.15, -0.1) is 22.7 Å². The molecular formula is C22H22N4O2S2. The summed E-state index contributed by atoms with van der Waals surface area (Å²) in [7, 11) is 1.86. The molecule has 0 fully saturated rings. The Morgan fingerprint density at radius 2 is 1.97 bits per heavy atom. The third-order valence-corrected chi connectivity index (χ3v) is 6.37. The van der Waals surface area contributed by atoms with Gasteiger partial charge in [-0.3, -0.25) is 14.8 Å². The minimum absolute atomic E-state index is 0.168. The Hall–Kier alpha value is -2.97. The van der Waals surface area contributed by atoms with Crippen molar-refractivity contribution in [1.82, 2.24) is 14.8 Å². The van der Waals surface area contributed by atoms with Gasteiger partial charge >= 0.3 is 0 Å². The lowest BCUT2D eigenvalue weighted by Crippen LogP contribution is -2.10. The minimum Gasteiger partial charge on any atom is -0.489 e. The number of aryl methyl sites for hydroxylation is 1. The van der Waals surface area contributed by atoms with E-state index in [0.717, 1.165) is 22.7 Å². The summed E-state index contributed by atoms with van der Waals surface area (Å²) in [6.45, 7) is 4.76. The van der Waals surface area contributed by atoms with Gasteiger partial charge in [-0.1, -0.05) is 26.0 Å². The van der Waals surface area contributed by atoms with Gasteiger partial charge in [0.25, 0.3) is 5.91 Å². The summed E-state index contributed by atoms with van der Waals surface area (Å²) >= 11 is 2.79. The molecule has 3 heterocycles. The highest BCUT2D eigenvalue weighted by Gasteiger charge is 2.14. The topological polar surface area (TPSA) is 69.0 Å². The summed E-state index contributed by atoms with van der Waals surface area (Å²) in [6.07, 6.45) is 1.72. The molecule has 4 aromatic rings. The Kier molecular flexibility index (Phi) is 5.96. The standard InChI is InChI=1S/C22H22N4O2S2/c1-14(2)16-4-6-17(7-5-16)28-11-15-10-20(29-12-15)21(27)25-22-24-18(13-30-22)19-8-9-23-26(19)3/h4-10,12-14H,11H2,1-3H3,(H,24,25,27). The Morgan fingerprint density at radius 3 is 2.67 bits per heavy atom. The lowest BCUT2D eigenvalue weighted by Gasteiger charge is -2.08. The fourth-order valence-corrected chi connectivity index (χ4v) is 4.41. The van der Waals surface area contributed by atoms with Crippen molar-refractivity contribution in [2.45, 2.75) is 26.4 Å². The quantitative estimate of drug-likeness (QED) is 0.410. The van der Waals surface area contributed by atoms with Crippen LogP contribution in [-0.2, 0) is 13.7 Å². The molecule has 154 valence electrons. The predicted molar refractivity (Wildman–Crippen MR) is 121 cm³/mol. The highest BCUT2D eigenvalue weighted by atomic mass is 32.1. The van der Waals surface area contributed by atoms with Crippen molar-refractivity contribution < 1.29 is 9.53 Å². The Labute approximate surface area is 183 Å². The first-order valence-corrected chi connectivity index (χ1v) is 11.3. The number of carbonyl (C=O) groups excluding carboxylic acids is 1. The number of carbonyl (C=O) groups is 1. The van der Waals surface area contributed by atoms with E-state index in [9.17, 15) is 4.79 Å². The number of amides is 1. The molecule has 0 aliphatic rings. The second-order valence-electron chi connectivity index (χ2n) is 7.16. The van der Waals surface area contributed by atoms with Crippen molar-refractivity contribution >= 4 is 33.7 Å². The molecule has 1 aromatic carbocycles. The van der Waals surface area contributed by atoms with Gasteiger partial charge in [-0.05, 0) is 41.1 Å². The van der Waals surface area contributed by atoms with Crippen LogP contribution in [0.4, 0.5) is 5.13 Å². The van der Waals surface area contributed by atoms with E-state index in [4.69, 9.17) is 4.74 Å². The van der Waals surface area contributed by atoms with E-state index in [0.29, 0.717) is 22.5 Å². The number of ether oxygens (including phenoxy) is 1. The van der Waals surface area contributed by atoms with Crippen molar-refractivity contribution in [2.75, 3.05) is 5.32 Å². The van der Waals surface area contributed by atoms with Gasteiger partial charge in [-0.25, -0.2) is 4.98 Å². The second kappa shape index (κ2) is 8.81. The zero-order valence-electron chi connectivity index (χ0n) is 17.0. The number of thiazole rings is 1. The molecule has 4 rings (SSSR count). The number of hydrogen-bond donors (Lipinski definition) is 1. The first-order valence-electron chi connectivity index (χ1n) is 9.55. The molecule has 8 heteroatoms. The Morgan fingerprint density at radius 1 is 1.17 bits per heavy atom. The summed E-state index contributed by atoms with van der Waals surface area (Å²) < 4.78 is 7.60. The number of anilines is 1. The van der Waals surface area contributed by atoms with Crippen molar-refractivity contribution in [1.29, 1.82) is 0 Å². The van der Waals surface area contributed by atoms with Crippen LogP contribution in [0.1, 0.15) is 40.6 Å². The van der Waals surface area contributed by atoms with Gasteiger partial charge < -0.3 is 4.74 Å². The van der Waals surface area contributed by atoms with Gasteiger partial charge in [-0.2, -0.15) is 5.10 Å². The molecule has 0 spiro atoms. The van der Waals surface area contributed by atoms with Crippen LogP contribution in [-0.4, -0.2) is 20.7 Å². The molecule has 1 amide bonds. The summed E-state index contributed by atoms with van der Waals surface area (Å²) in [5.74, 6) is 1.15. The molecule has 0 saturated carbocycles. The van der Waals surface area contributed by atoms with Crippen molar-refractivity contribution in [3.8, 4) is 17.1 Å². The van der Waals surface area contributed by atoms with Crippen molar-refractivity contribution in [2.24, 2.45) is 7.05 Å². The van der Waals surface area contributed by atoms with Gasteiger partial charge in [0.15, 0.2) is 5.13 Å². The monoisotopic (exact) mass is 438 g/mol. The van der Waals surface area contributed by atoms with Crippen LogP contribution in [0.3, 0.4) is 0 Å². The van der Waals surface area contributed by atoms with Crippen LogP contribution in [0, 0.1) is 0 Å². The van der Waals surface area contributed by atoms with E-state index in [2.05, 4.69) is 41.4 Å². The maximum absolute atomic E-state index is 12.6. The fraction of sp³-hybridized carbons (Fsp3) is 0.227. The van der Waals surface area contributed by atoms with E-state index < -0.39 is 0 Å². The van der Waals surface area contributed by atoms with Crippen LogP contribution < -0.4 is 10.1 Å². The molecule has 0 saturated heterocycles. The van der Waals surface area contributed by atoms with E-state index in [1.165, 1.54) is 28.2 Å². The lowest BCUT2D eigenvalue weighted by atomic mass is 10.0. The molecular weight excluding hydrogens is 416 g/mol. The third-order valence-electron chi connectivity index (χ3n) is 4.64. The van der Waals surface area contributed by atoms with Crippen molar-refractivity contribution in [3.05, 3.63) is 69.4 Å². The number of benzene rings is 1. The summed E-state index contributed by atoms with van der Waals surface area (Å²) in [4.78, 5) is 17.7. The molecule has 1 N–H and O–H groups in total. The average Bonchev–Trinajstić information content (AvgIpc) is 3.47. The SMILES string of the molecule is CC(C)c1ccc(OCc2csc(C(=O)Nc3nc(-c4ccnn4C)cs3)c2)cc1. The van der Waals surface area contributed by atoms with Crippen LogP contribution in [0.15, 0.2) is 53.4 Å². The number of nitrogens with one attached hydrogen (secondary N) is 1. The maximum atomic E-state index is 12.6. The van der Waals surface area contributed by atoms with Gasteiger partial charge in [0.1, 0.15) is 18.1 Å². The molecule has 0 radical (unpaired) electrons. The first kappa shape index (κ1) is 20.3. The highest BCUT2D eigenvalue weighted by Crippen LogP contribution is 2.26. The van der Waals surface area contributed by atoms with Crippen LogP contribution in [0.2, 0.25) is 0 Å². The van der Waals surface area contributed by atoms with Gasteiger partial charge in [0.2, 0.25) is 0 Å². The van der Waals surface area contributed by atoms with E-state index in [-0.39, 0.29) is 5.91 Å². The van der Waals surface area contributed by atoms with E-state index >= 15 is 0 Å². The largest absolute Gasteiger partial charge is 0.489 e. The first-order chi connectivity index (χ1) is 14.5. The maximum Gasteiger partial charge on any atom is 0.267 e. The number of thiophene rings is 1. The van der Waals surface area contributed by atoms with Crippen LogP contribution >= 0.6 is 22.7 Å². The Balaban J connectivity index is 1.35. The van der Waals surface area contributed by atoms with Gasteiger partial charge in [0, 0.05) is 24.2 Å². The molecule has 0 unspecified atom stereocenters. The molecule has 30 heavy (non-hydrogen) atoms. The van der Waals surface area contributed by atoms with Gasteiger partial charge in [0.05, 0.1) is 10.6 Å². The predicted octanol–water partition coefficient (Wildman–Crippen LogP) is 5.56. The summed E-state index contributed by atoms with van der Waals surface area (Å²) in [6, 6.07) is 11.9. The average molecular weight is 439 g/mol. The smallest absolute Gasteiger partial charge is 0.267 e. The third kappa shape index (κ3) is 4.60. The zero-order chi connectivity index (χ0) is 21.1. The molecule has 0 atom stereocenters. The molecule has 0 aliphatic heterocycles. The minimum atomic E-state index is -0.168. The lowest BCUT2D eigenvalue weighted by molar-refractivity contribution is 0.103. The van der Waals surface area contributed by atoms with Crippen LogP contribution in [0.5, 0.6) is 5.75 Å². The Bertz CT molecular complexity index is 1140. The second-order valence-corrected chi connectivity index (χ2v) is 8.93. The number of aromatic nitrogens is 3.